The number of benzene rings is 1. The molecule has 182 valence electrons. The van der Waals surface area contributed by atoms with Crippen molar-refractivity contribution in [2.24, 2.45) is 34.5 Å². The Morgan fingerprint density at radius 1 is 1.09 bits per heavy atom. The van der Waals surface area contributed by atoms with Crippen molar-refractivity contribution >= 4 is 11.9 Å². The quantitative estimate of drug-likeness (QED) is 0.568. The van der Waals surface area contributed by atoms with Crippen LogP contribution in [0.25, 0.3) is 0 Å². The molecule has 0 bridgehead atoms. The molecule has 0 radical (unpaired) electrons. The van der Waals surface area contributed by atoms with E-state index in [1.165, 1.54) is 22.3 Å². The monoisotopic (exact) mass is 461 g/mol. The molecule has 0 aromatic heterocycles. The molecule has 1 amide bonds. The van der Waals surface area contributed by atoms with Crippen LogP contribution in [0.15, 0.2) is 41.5 Å². The molecule has 0 aliphatic heterocycles. The third-order valence-electron chi connectivity index (χ3n) is 10.3. The number of allylic oxidation sites excluding steroid dienone is 3. The smallest absolute Gasteiger partial charge is 0.331 e. The molecular formula is C30H39NO3. The largest absolute Gasteiger partial charge is 0.478 e. The van der Waals surface area contributed by atoms with Crippen molar-refractivity contribution in [3.8, 4) is 0 Å². The van der Waals surface area contributed by atoms with Gasteiger partial charge in [-0.2, -0.15) is 0 Å². The van der Waals surface area contributed by atoms with Gasteiger partial charge < -0.3 is 10.4 Å². The van der Waals surface area contributed by atoms with Gasteiger partial charge in [-0.15, -0.1) is 0 Å². The van der Waals surface area contributed by atoms with Gasteiger partial charge in [0.1, 0.15) is 0 Å². The molecule has 34 heavy (non-hydrogen) atoms. The number of carbonyl (C=O) groups is 2. The fourth-order valence-electron chi connectivity index (χ4n) is 8.22. The number of carbonyl (C=O) groups excluding carboxylic acids is 1. The molecule has 4 aliphatic rings. The number of hydrogen-bond donors (Lipinski definition) is 2. The summed E-state index contributed by atoms with van der Waals surface area (Å²) in [5.41, 5.74) is 5.61. The van der Waals surface area contributed by atoms with Gasteiger partial charge >= 0.3 is 5.97 Å². The number of amides is 1. The molecular weight excluding hydrogens is 422 g/mol. The van der Waals surface area contributed by atoms with Crippen LogP contribution in [0.3, 0.4) is 0 Å². The van der Waals surface area contributed by atoms with Crippen LogP contribution in [0.5, 0.6) is 0 Å². The van der Waals surface area contributed by atoms with Crippen LogP contribution in [0.2, 0.25) is 0 Å². The van der Waals surface area contributed by atoms with Crippen molar-refractivity contribution in [1.29, 1.82) is 0 Å². The molecule has 0 spiro atoms. The number of fused-ring (bicyclic) bond motifs is 5. The van der Waals surface area contributed by atoms with Crippen LogP contribution in [0, 0.1) is 48.3 Å². The molecule has 4 nitrogen and oxygen atoms in total. The summed E-state index contributed by atoms with van der Waals surface area (Å²) >= 11 is 0. The maximum absolute atomic E-state index is 13.4. The first-order chi connectivity index (χ1) is 16.1. The van der Waals surface area contributed by atoms with Gasteiger partial charge in [-0.05, 0) is 110 Å². The van der Waals surface area contributed by atoms with Crippen LogP contribution >= 0.6 is 0 Å². The highest BCUT2D eigenvalue weighted by molar-refractivity contribution is 5.87. The first kappa shape index (κ1) is 23.4. The van der Waals surface area contributed by atoms with E-state index in [0.717, 1.165) is 38.5 Å². The van der Waals surface area contributed by atoms with E-state index >= 15 is 0 Å². The second-order valence-electron chi connectivity index (χ2n) is 12.0. The maximum atomic E-state index is 13.4. The highest BCUT2D eigenvalue weighted by Crippen LogP contribution is 2.66. The van der Waals surface area contributed by atoms with Gasteiger partial charge in [0.15, 0.2) is 0 Å². The number of aryl methyl sites for hydroxylation is 2. The Balaban J connectivity index is 1.33. The second kappa shape index (κ2) is 8.39. The Morgan fingerprint density at radius 3 is 2.65 bits per heavy atom. The standard InChI is InChI=1S/C30H39NO3/c1-18-5-6-19(2)21(15-18)17-31-27(32)26-10-9-24-23-8-7-22-16-20(28(33)34)11-13-29(22,3)25(23)12-14-30(24,26)4/h5-7,15-16,23-26H,8-14,17H2,1-4H3,(H,31,32)(H,33,34)/t23?,24?,25?,26-,29+,30+/m1/s1. The van der Waals surface area contributed by atoms with Gasteiger partial charge in [0.25, 0.3) is 0 Å². The molecule has 2 fully saturated rings. The third kappa shape index (κ3) is 3.65. The summed E-state index contributed by atoms with van der Waals surface area (Å²) < 4.78 is 0. The van der Waals surface area contributed by atoms with Crippen molar-refractivity contribution in [2.75, 3.05) is 0 Å². The minimum atomic E-state index is -0.771. The SMILES string of the molecule is Cc1ccc(C)c(CNC(=O)[C@H]2CCC3C4CC=C5C=C(C(=O)O)CC[C@]5(C)C4CC[C@@]32C)c1. The van der Waals surface area contributed by atoms with Crippen molar-refractivity contribution in [3.63, 3.8) is 0 Å². The van der Waals surface area contributed by atoms with Gasteiger partial charge in [-0.25, -0.2) is 4.79 Å². The van der Waals surface area contributed by atoms with E-state index in [-0.39, 0.29) is 22.7 Å². The molecule has 3 unspecified atom stereocenters. The first-order valence-electron chi connectivity index (χ1n) is 13.1. The van der Waals surface area contributed by atoms with E-state index in [1.807, 2.05) is 6.08 Å². The van der Waals surface area contributed by atoms with Crippen LogP contribution in [-0.2, 0) is 16.1 Å². The molecule has 4 aliphatic carbocycles. The number of carboxylic acid groups (broad SMARTS) is 1. The summed E-state index contributed by atoms with van der Waals surface area (Å²) in [4.78, 5) is 25.0. The molecule has 5 rings (SSSR count). The van der Waals surface area contributed by atoms with Gasteiger partial charge in [0.2, 0.25) is 5.91 Å². The Hall–Kier alpha value is -2.36. The Bertz CT molecular complexity index is 1080. The number of hydrogen-bond acceptors (Lipinski definition) is 2. The summed E-state index contributed by atoms with van der Waals surface area (Å²) in [6.07, 6.45) is 11.3. The number of carboxylic acids is 1. The molecule has 6 atom stereocenters. The maximum Gasteiger partial charge on any atom is 0.331 e. The average molecular weight is 462 g/mol. The van der Waals surface area contributed by atoms with Gasteiger partial charge in [-0.1, -0.05) is 43.7 Å². The van der Waals surface area contributed by atoms with E-state index in [2.05, 4.69) is 57.3 Å². The van der Waals surface area contributed by atoms with E-state index in [0.29, 0.717) is 36.3 Å². The third-order valence-corrected chi connectivity index (χ3v) is 10.3. The Labute approximate surface area is 203 Å². The summed E-state index contributed by atoms with van der Waals surface area (Å²) in [6, 6.07) is 6.44. The van der Waals surface area contributed by atoms with Crippen molar-refractivity contribution < 1.29 is 14.7 Å². The minimum absolute atomic E-state index is 0.0608. The molecule has 1 aromatic carbocycles. The second-order valence-corrected chi connectivity index (χ2v) is 12.0. The normalized spacial score (nSPS) is 36.5. The number of nitrogens with one attached hydrogen (secondary N) is 1. The molecule has 4 heteroatoms. The predicted molar refractivity (Wildman–Crippen MR) is 134 cm³/mol. The Morgan fingerprint density at radius 2 is 1.88 bits per heavy atom. The summed E-state index contributed by atoms with van der Waals surface area (Å²) in [5, 5.41) is 12.8. The summed E-state index contributed by atoms with van der Waals surface area (Å²) in [6.45, 7) is 9.57. The van der Waals surface area contributed by atoms with E-state index < -0.39 is 5.97 Å². The lowest BCUT2D eigenvalue weighted by Gasteiger charge is -2.56. The van der Waals surface area contributed by atoms with E-state index in [4.69, 9.17) is 0 Å². The van der Waals surface area contributed by atoms with Crippen molar-refractivity contribution in [1.82, 2.24) is 5.32 Å². The van der Waals surface area contributed by atoms with Gasteiger partial charge in [0.05, 0.1) is 0 Å². The van der Waals surface area contributed by atoms with Crippen molar-refractivity contribution in [2.45, 2.75) is 79.2 Å². The lowest BCUT2D eigenvalue weighted by atomic mass is 9.48. The molecule has 0 heterocycles. The molecule has 2 N–H and O–H groups in total. The predicted octanol–water partition coefficient (Wildman–Crippen LogP) is 6.12. The zero-order valence-electron chi connectivity index (χ0n) is 21.1. The van der Waals surface area contributed by atoms with Gasteiger partial charge in [0, 0.05) is 18.0 Å². The lowest BCUT2D eigenvalue weighted by molar-refractivity contribution is -0.133. The summed E-state index contributed by atoms with van der Waals surface area (Å²) in [7, 11) is 0. The van der Waals surface area contributed by atoms with Crippen LogP contribution < -0.4 is 5.32 Å². The van der Waals surface area contributed by atoms with E-state index in [9.17, 15) is 14.7 Å². The fourth-order valence-corrected chi connectivity index (χ4v) is 8.22. The molecule has 2 saturated carbocycles. The van der Waals surface area contributed by atoms with Crippen LogP contribution in [0.4, 0.5) is 0 Å². The molecule has 0 saturated heterocycles. The van der Waals surface area contributed by atoms with Crippen LogP contribution in [-0.4, -0.2) is 17.0 Å². The minimum Gasteiger partial charge on any atom is -0.478 e. The van der Waals surface area contributed by atoms with Gasteiger partial charge in [-0.3, -0.25) is 4.79 Å². The topological polar surface area (TPSA) is 66.4 Å². The zero-order chi connectivity index (χ0) is 24.3. The van der Waals surface area contributed by atoms with E-state index in [1.54, 1.807) is 0 Å². The Kier molecular flexibility index (Phi) is 5.77. The number of aliphatic carboxylic acids is 1. The van der Waals surface area contributed by atoms with Crippen LogP contribution in [0.1, 0.15) is 75.5 Å². The van der Waals surface area contributed by atoms with Crippen molar-refractivity contribution in [3.05, 3.63) is 58.2 Å². The first-order valence-corrected chi connectivity index (χ1v) is 13.1. The molecule has 1 aromatic rings. The lowest BCUT2D eigenvalue weighted by Crippen LogP contribution is -2.51. The highest BCUT2D eigenvalue weighted by Gasteiger charge is 2.59. The zero-order valence-corrected chi connectivity index (χ0v) is 21.1. The fraction of sp³-hybridized carbons (Fsp3) is 0.600. The number of rotatable bonds is 4. The average Bonchev–Trinajstić information content (AvgIpc) is 3.16. The highest BCUT2D eigenvalue weighted by atomic mass is 16.4. The summed E-state index contributed by atoms with van der Waals surface area (Å²) in [5.74, 6) is 1.31.